The van der Waals surface area contributed by atoms with Crippen molar-refractivity contribution >= 4 is 6.09 Å². The Kier molecular flexibility index (Phi) is 5.32. The van der Waals surface area contributed by atoms with Gasteiger partial charge in [-0.15, -0.1) is 0 Å². The number of halogens is 1. The molecule has 0 spiro atoms. The lowest BCUT2D eigenvalue weighted by Gasteiger charge is -2.22. The van der Waals surface area contributed by atoms with E-state index >= 15 is 0 Å². The fourth-order valence-electron chi connectivity index (χ4n) is 3.83. The number of ether oxygens (including phenoxy) is 1. The van der Waals surface area contributed by atoms with Crippen LogP contribution in [0.25, 0.3) is 11.1 Å². The Morgan fingerprint density at radius 3 is 2.14 bits per heavy atom. The van der Waals surface area contributed by atoms with Gasteiger partial charge in [-0.1, -0.05) is 60.7 Å². The minimum atomic E-state index is -0.916. The predicted octanol–water partition coefficient (Wildman–Crippen LogP) is 4.74. The van der Waals surface area contributed by atoms with Crippen molar-refractivity contribution in [1.29, 1.82) is 0 Å². The molecule has 0 aromatic heterocycles. The Labute approximate surface area is 169 Å². The van der Waals surface area contributed by atoms with Gasteiger partial charge < -0.3 is 14.7 Å². The number of hydrogen-bond acceptors (Lipinski definition) is 3. The normalized spacial score (nSPS) is 13.5. The molecule has 0 bridgehead atoms. The van der Waals surface area contributed by atoms with Gasteiger partial charge >= 0.3 is 6.09 Å². The van der Waals surface area contributed by atoms with Crippen LogP contribution in [0.15, 0.2) is 72.8 Å². The van der Waals surface area contributed by atoms with Gasteiger partial charge in [-0.25, -0.2) is 9.18 Å². The highest BCUT2D eigenvalue weighted by Crippen LogP contribution is 2.44. The zero-order chi connectivity index (χ0) is 20.4. The lowest BCUT2D eigenvalue weighted by atomic mass is 9.98. The predicted molar refractivity (Wildman–Crippen MR) is 109 cm³/mol. The first-order valence-electron chi connectivity index (χ1n) is 9.54. The summed E-state index contributed by atoms with van der Waals surface area (Å²) in [7, 11) is 1.58. The first kappa shape index (κ1) is 19.2. The summed E-state index contributed by atoms with van der Waals surface area (Å²) in [6, 6.07) is 21.9. The van der Waals surface area contributed by atoms with E-state index in [-0.39, 0.29) is 24.9 Å². The first-order valence-corrected chi connectivity index (χ1v) is 9.54. The third-order valence-corrected chi connectivity index (χ3v) is 5.35. The molecule has 29 heavy (non-hydrogen) atoms. The van der Waals surface area contributed by atoms with Crippen molar-refractivity contribution in [3.8, 4) is 11.1 Å². The molecule has 1 N–H and O–H groups in total. The topological polar surface area (TPSA) is 49.8 Å². The molecule has 0 aliphatic heterocycles. The highest BCUT2D eigenvalue weighted by Gasteiger charge is 2.29. The number of fused-ring (bicyclic) bond motifs is 3. The van der Waals surface area contributed by atoms with Crippen LogP contribution in [0.5, 0.6) is 0 Å². The van der Waals surface area contributed by atoms with Gasteiger partial charge in [0, 0.05) is 13.0 Å². The second kappa shape index (κ2) is 8.05. The van der Waals surface area contributed by atoms with E-state index in [2.05, 4.69) is 24.3 Å². The number of nitrogens with zero attached hydrogens (tertiary/aromatic N) is 1. The summed E-state index contributed by atoms with van der Waals surface area (Å²) < 4.78 is 18.6. The molecular weight excluding hydrogens is 369 g/mol. The fourth-order valence-corrected chi connectivity index (χ4v) is 3.83. The molecule has 0 saturated heterocycles. The van der Waals surface area contributed by atoms with E-state index < -0.39 is 12.2 Å². The lowest BCUT2D eigenvalue weighted by molar-refractivity contribution is 0.0813. The van der Waals surface area contributed by atoms with E-state index in [1.54, 1.807) is 7.05 Å². The lowest BCUT2D eigenvalue weighted by Crippen LogP contribution is -2.32. The Balaban J connectivity index is 1.41. The van der Waals surface area contributed by atoms with Gasteiger partial charge in [-0.2, -0.15) is 0 Å². The molecular formula is C24H22FNO3. The highest BCUT2D eigenvalue weighted by atomic mass is 19.1. The van der Waals surface area contributed by atoms with E-state index in [4.69, 9.17) is 4.74 Å². The van der Waals surface area contributed by atoms with Crippen LogP contribution in [0, 0.1) is 5.82 Å². The van der Waals surface area contributed by atoms with E-state index in [0.29, 0.717) is 5.56 Å². The first-order chi connectivity index (χ1) is 14.0. The summed E-state index contributed by atoms with van der Waals surface area (Å²) in [6.07, 6.45) is -1.42. The fraction of sp³-hybridized carbons (Fsp3) is 0.208. The van der Waals surface area contributed by atoms with Crippen molar-refractivity contribution in [2.24, 2.45) is 0 Å². The number of hydrogen-bond donors (Lipinski definition) is 1. The molecule has 1 unspecified atom stereocenters. The average molecular weight is 391 g/mol. The summed E-state index contributed by atoms with van der Waals surface area (Å²) in [5.41, 5.74) is 5.18. The van der Waals surface area contributed by atoms with Crippen molar-refractivity contribution in [2.45, 2.75) is 12.0 Å². The second-order valence-corrected chi connectivity index (χ2v) is 7.25. The minimum Gasteiger partial charge on any atom is -0.448 e. The van der Waals surface area contributed by atoms with Crippen molar-refractivity contribution in [3.05, 3.63) is 95.3 Å². The van der Waals surface area contributed by atoms with Gasteiger partial charge in [0.25, 0.3) is 0 Å². The number of amides is 1. The maximum atomic E-state index is 13.0. The summed E-state index contributed by atoms with van der Waals surface area (Å²) in [5, 5.41) is 10.3. The molecule has 1 atom stereocenters. The van der Waals surface area contributed by atoms with Crippen molar-refractivity contribution in [1.82, 2.24) is 4.90 Å². The van der Waals surface area contributed by atoms with Gasteiger partial charge in [0.1, 0.15) is 12.4 Å². The highest BCUT2D eigenvalue weighted by molar-refractivity contribution is 5.79. The summed E-state index contributed by atoms with van der Waals surface area (Å²) >= 11 is 0. The zero-order valence-corrected chi connectivity index (χ0v) is 16.1. The molecule has 4 nitrogen and oxygen atoms in total. The Hall–Kier alpha value is -3.18. The summed E-state index contributed by atoms with van der Waals surface area (Å²) in [5.74, 6) is -0.382. The van der Waals surface area contributed by atoms with E-state index in [1.807, 2.05) is 24.3 Å². The number of carbonyl (C=O) groups is 1. The largest absolute Gasteiger partial charge is 0.448 e. The van der Waals surface area contributed by atoms with Crippen molar-refractivity contribution in [3.63, 3.8) is 0 Å². The zero-order valence-electron chi connectivity index (χ0n) is 16.1. The third-order valence-electron chi connectivity index (χ3n) is 5.35. The van der Waals surface area contributed by atoms with Crippen LogP contribution in [0.4, 0.5) is 9.18 Å². The Morgan fingerprint density at radius 2 is 1.55 bits per heavy atom. The molecule has 0 heterocycles. The summed E-state index contributed by atoms with van der Waals surface area (Å²) in [4.78, 5) is 13.8. The van der Waals surface area contributed by atoms with Crippen LogP contribution >= 0.6 is 0 Å². The molecule has 0 saturated carbocycles. The Morgan fingerprint density at radius 1 is 1.00 bits per heavy atom. The maximum Gasteiger partial charge on any atom is 0.409 e. The van der Waals surface area contributed by atoms with Crippen LogP contribution < -0.4 is 0 Å². The molecule has 4 rings (SSSR count). The molecule has 1 aliphatic carbocycles. The average Bonchev–Trinajstić information content (AvgIpc) is 3.06. The number of rotatable bonds is 5. The van der Waals surface area contributed by atoms with Gasteiger partial charge in [-0.05, 0) is 39.9 Å². The third kappa shape index (κ3) is 3.87. The standard InChI is InChI=1S/C24H22FNO3/c1-26(14-23(27)16-10-12-17(25)13-11-16)24(28)29-15-22-20-8-4-2-6-18(20)19-7-3-5-9-21(19)22/h2-13,22-23,27H,14-15H2,1H3. The Bertz CT molecular complexity index is 973. The van der Waals surface area contributed by atoms with Gasteiger partial charge in [-0.3, -0.25) is 0 Å². The van der Waals surface area contributed by atoms with E-state index in [1.165, 1.54) is 40.3 Å². The van der Waals surface area contributed by atoms with Crippen LogP contribution in [0.2, 0.25) is 0 Å². The van der Waals surface area contributed by atoms with Crippen molar-refractivity contribution in [2.75, 3.05) is 20.2 Å². The number of benzene rings is 3. The SMILES string of the molecule is CN(CC(O)c1ccc(F)cc1)C(=O)OCC1c2ccccc2-c2ccccc21. The van der Waals surface area contributed by atoms with Crippen molar-refractivity contribution < 1.29 is 19.0 Å². The van der Waals surface area contributed by atoms with E-state index in [0.717, 1.165) is 11.1 Å². The number of likely N-dealkylation sites (N-methyl/N-ethyl adjacent to an activating group) is 1. The molecule has 0 fully saturated rings. The van der Waals surface area contributed by atoms with E-state index in [9.17, 15) is 14.3 Å². The monoisotopic (exact) mass is 391 g/mol. The molecule has 0 radical (unpaired) electrons. The maximum absolute atomic E-state index is 13.0. The minimum absolute atomic E-state index is 0.0122. The van der Waals surface area contributed by atoms with Crippen LogP contribution in [-0.4, -0.2) is 36.3 Å². The van der Waals surface area contributed by atoms with Crippen LogP contribution in [0.3, 0.4) is 0 Å². The number of aliphatic hydroxyl groups excluding tert-OH is 1. The quantitative estimate of drug-likeness (QED) is 0.683. The molecule has 148 valence electrons. The number of carbonyl (C=O) groups excluding carboxylic acids is 1. The molecule has 5 heteroatoms. The molecule has 3 aromatic carbocycles. The smallest absolute Gasteiger partial charge is 0.409 e. The van der Waals surface area contributed by atoms with Gasteiger partial charge in [0.2, 0.25) is 0 Å². The molecule has 3 aromatic rings. The second-order valence-electron chi connectivity index (χ2n) is 7.25. The van der Waals surface area contributed by atoms with Gasteiger partial charge in [0.15, 0.2) is 0 Å². The summed E-state index contributed by atoms with van der Waals surface area (Å²) in [6.45, 7) is 0.284. The molecule has 1 aliphatic rings. The molecule has 1 amide bonds. The van der Waals surface area contributed by atoms with Gasteiger partial charge in [0.05, 0.1) is 12.6 Å². The van der Waals surface area contributed by atoms with Crippen LogP contribution in [-0.2, 0) is 4.74 Å². The van der Waals surface area contributed by atoms with Crippen LogP contribution in [0.1, 0.15) is 28.7 Å². The number of aliphatic hydroxyl groups is 1.